The largest absolute Gasteiger partial charge is 0.449 e. The van der Waals surface area contributed by atoms with E-state index in [1.54, 1.807) is 42.5 Å². The van der Waals surface area contributed by atoms with Gasteiger partial charge >= 0.3 is 5.97 Å². The molecule has 0 aliphatic rings. The highest BCUT2D eigenvalue weighted by molar-refractivity contribution is 5.89. The molecule has 1 N–H and O–H groups in total. The van der Waals surface area contributed by atoms with Crippen LogP contribution in [0.3, 0.4) is 0 Å². The summed E-state index contributed by atoms with van der Waals surface area (Å²) in [4.78, 5) is 37.9. The van der Waals surface area contributed by atoms with Gasteiger partial charge in [-0.05, 0) is 36.4 Å². The zero-order valence-corrected chi connectivity index (χ0v) is 16.4. The number of H-pyrrole nitrogens is 1. The summed E-state index contributed by atoms with van der Waals surface area (Å²) in [5, 5.41) is 0.503. The summed E-state index contributed by atoms with van der Waals surface area (Å²) in [6.45, 7) is 0.0784. The van der Waals surface area contributed by atoms with E-state index in [0.717, 1.165) is 11.0 Å². The van der Waals surface area contributed by atoms with Crippen LogP contribution in [0, 0.1) is 0 Å². The van der Waals surface area contributed by atoms with Crippen molar-refractivity contribution in [1.29, 1.82) is 0 Å². The average molecular weight is 410 g/mol. The van der Waals surface area contributed by atoms with Gasteiger partial charge in [0.15, 0.2) is 11.9 Å². The number of hydrogen-bond donors (Lipinski definition) is 1. The second-order valence-corrected chi connectivity index (χ2v) is 7.12. The number of carbonyl (C=O) groups is 1. The number of imidazole rings is 1. The first-order valence-electron chi connectivity index (χ1n) is 9.84. The van der Waals surface area contributed by atoms with Crippen molar-refractivity contribution in [3.8, 4) is 0 Å². The third kappa shape index (κ3) is 3.69. The van der Waals surface area contributed by atoms with Gasteiger partial charge in [0, 0.05) is 0 Å². The summed E-state index contributed by atoms with van der Waals surface area (Å²) in [7, 11) is 0. The van der Waals surface area contributed by atoms with Crippen LogP contribution < -0.4 is 5.56 Å². The Bertz CT molecular complexity index is 1410. The molecule has 3 aromatic carbocycles. The van der Waals surface area contributed by atoms with Crippen molar-refractivity contribution in [2.75, 3.05) is 0 Å². The normalized spacial score (nSPS) is 12.1. The predicted molar refractivity (Wildman–Crippen MR) is 117 cm³/mol. The summed E-state index contributed by atoms with van der Waals surface area (Å²) in [6.07, 6.45) is 0.664. The standard InChI is InChI=1S/C24H18N4O3/c29-23-17-10-4-5-11-18(17)25-15-28(23)14-21(31-24(30)16-8-2-1-3-9-16)22-26-19-12-6-7-13-20(19)27-22/h1-13,15,21H,14H2,(H,26,27). The highest BCUT2D eigenvalue weighted by Gasteiger charge is 2.23. The minimum atomic E-state index is -0.805. The summed E-state index contributed by atoms with van der Waals surface area (Å²) in [5.74, 6) is -0.0293. The molecule has 0 saturated heterocycles. The highest BCUT2D eigenvalue weighted by atomic mass is 16.5. The molecule has 0 amide bonds. The van der Waals surface area contributed by atoms with E-state index in [4.69, 9.17) is 4.74 Å². The van der Waals surface area contributed by atoms with Crippen molar-refractivity contribution in [3.63, 3.8) is 0 Å². The van der Waals surface area contributed by atoms with Gasteiger partial charge in [-0.3, -0.25) is 9.36 Å². The van der Waals surface area contributed by atoms with E-state index >= 15 is 0 Å². The van der Waals surface area contributed by atoms with Gasteiger partial charge in [0.1, 0.15) is 0 Å². The molecule has 0 fully saturated rings. The number of aromatic nitrogens is 4. The predicted octanol–water partition coefficient (Wildman–Crippen LogP) is 3.87. The fraction of sp³-hybridized carbons (Fsp3) is 0.0833. The second kappa shape index (κ2) is 7.87. The number of ether oxygens (including phenoxy) is 1. The molecule has 0 aliphatic carbocycles. The van der Waals surface area contributed by atoms with Gasteiger partial charge in [-0.1, -0.05) is 42.5 Å². The highest BCUT2D eigenvalue weighted by Crippen LogP contribution is 2.22. The number of rotatable bonds is 5. The molecular weight excluding hydrogens is 392 g/mol. The van der Waals surface area contributed by atoms with Gasteiger partial charge in [-0.2, -0.15) is 0 Å². The molecule has 0 radical (unpaired) electrons. The van der Waals surface area contributed by atoms with E-state index in [0.29, 0.717) is 22.3 Å². The van der Waals surface area contributed by atoms with Crippen LogP contribution in [0.1, 0.15) is 22.3 Å². The lowest BCUT2D eigenvalue weighted by Crippen LogP contribution is -2.26. The van der Waals surface area contributed by atoms with Crippen LogP contribution in [0.2, 0.25) is 0 Å². The van der Waals surface area contributed by atoms with Gasteiger partial charge in [0.25, 0.3) is 5.56 Å². The Morgan fingerprint density at radius 2 is 1.65 bits per heavy atom. The molecule has 31 heavy (non-hydrogen) atoms. The van der Waals surface area contributed by atoms with Gasteiger partial charge in [0.2, 0.25) is 0 Å². The Hall–Kier alpha value is -4.26. The lowest BCUT2D eigenvalue weighted by Gasteiger charge is -2.17. The Labute approximate surface area is 177 Å². The van der Waals surface area contributed by atoms with Gasteiger partial charge in [0.05, 0.1) is 40.4 Å². The third-order valence-corrected chi connectivity index (χ3v) is 5.07. The molecule has 7 nitrogen and oxygen atoms in total. The van der Waals surface area contributed by atoms with Gasteiger partial charge in [-0.15, -0.1) is 0 Å². The van der Waals surface area contributed by atoms with E-state index in [1.807, 2.05) is 36.4 Å². The van der Waals surface area contributed by atoms with E-state index in [-0.39, 0.29) is 12.1 Å². The molecule has 1 atom stereocenters. The maximum atomic E-state index is 13.0. The smallest absolute Gasteiger partial charge is 0.338 e. The number of nitrogens with zero attached hydrogens (tertiary/aromatic N) is 3. The summed E-state index contributed by atoms with van der Waals surface area (Å²) >= 11 is 0. The molecule has 0 spiro atoms. The van der Waals surface area contributed by atoms with Crippen molar-refractivity contribution in [2.45, 2.75) is 12.6 Å². The molecule has 152 valence electrons. The van der Waals surface area contributed by atoms with Crippen molar-refractivity contribution in [3.05, 3.63) is 107 Å². The van der Waals surface area contributed by atoms with E-state index < -0.39 is 12.1 Å². The Balaban J connectivity index is 1.54. The molecular formula is C24H18N4O3. The maximum absolute atomic E-state index is 13.0. The molecule has 0 aliphatic heterocycles. The van der Waals surface area contributed by atoms with Crippen LogP contribution in [0.5, 0.6) is 0 Å². The average Bonchev–Trinajstić information content (AvgIpc) is 3.25. The number of benzene rings is 3. The lowest BCUT2D eigenvalue weighted by atomic mass is 10.2. The second-order valence-electron chi connectivity index (χ2n) is 7.12. The number of carbonyl (C=O) groups excluding carboxylic acids is 1. The molecule has 5 aromatic rings. The molecule has 1 unspecified atom stereocenters. The molecule has 0 bridgehead atoms. The summed E-state index contributed by atoms with van der Waals surface area (Å²) < 4.78 is 7.25. The first-order valence-corrected chi connectivity index (χ1v) is 9.84. The minimum Gasteiger partial charge on any atom is -0.449 e. The molecule has 7 heteroatoms. The van der Waals surface area contributed by atoms with E-state index in [1.165, 1.54) is 10.9 Å². The summed E-state index contributed by atoms with van der Waals surface area (Å²) in [6, 6.07) is 23.4. The number of nitrogens with one attached hydrogen (secondary N) is 1. The number of hydrogen-bond acceptors (Lipinski definition) is 5. The number of aromatic amines is 1. The Morgan fingerprint density at radius 3 is 2.45 bits per heavy atom. The first-order chi connectivity index (χ1) is 15.2. The fourth-order valence-corrected chi connectivity index (χ4v) is 3.49. The van der Waals surface area contributed by atoms with Crippen LogP contribution in [0.15, 0.2) is 90.0 Å². The lowest BCUT2D eigenvalue weighted by molar-refractivity contribution is 0.0232. The zero-order chi connectivity index (χ0) is 21.2. The monoisotopic (exact) mass is 410 g/mol. The van der Waals surface area contributed by atoms with Gasteiger partial charge in [-0.25, -0.2) is 14.8 Å². The summed E-state index contributed by atoms with van der Waals surface area (Å²) in [5.41, 5.74) is 2.41. The topological polar surface area (TPSA) is 89.9 Å². The Kier molecular flexibility index (Phi) is 4.76. The van der Waals surface area contributed by atoms with Crippen LogP contribution in [0.4, 0.5) is 0 Å². The minimum absolute atomic E-state index is 0.0784. The fourth-order valence-electron chi connectivity index (χ4n) is 3.49. The third-order valence-electron chi connectivity index (χ3n) is 5.07. The van der Waals surface area contributed by atoms with Gasteiger partial charge < -0.3 is 9.72 Å². The van der Waals surface area contributed by atoms with Crippen LogP contribution in [-0.2, 0) is 11.3 Å². The first kappa shape index (κ1) is 18.7. The maximum Gasteiger partial charge on any atom is 0.338 e. The van der Waals surface area contributed by atoms with Crippen molar-refractivity contribution < 1.29 is 9.53 Å². The van der Waals surface area contributed by atoms with Crippen molar-refractivity contribution in [2.24, 2.45) is 0 Å². The number of esters is 1. The molecule has 5 rings (SSSR count). The van der Waals surface area contributed by atoms with Crippen molar-refractivity contribution >= 4 is 27.9 Å². The zero-order valence-electron chi connectivity index (χ0n) is 16.4. The number of para-hydroxylation sites is 3. The SMILES string of the molecule is O=C(OC(Cn1cnc2ccccc2c1=O)c1nc2ccccc2[nH]1)c1ccccc1. The number of fused-ring (bicyclic) bond motifs is 2. The molecule has 2 aromatic heterocycles. The van der Waals surface area contributed by atoms with Crippen LogP contribution in [0.25, 0.3) is 21.9 Å². The van der Waals surface area contributed by atoms with Crippen molar-refractivity contribution in [1.82, 2.24) is 19.5 Å². The Morgan fingerprint density at radius 1 is 0.935 bits per heavy atom. The quantitative estimate of drug-likeness (QED) is 0.444. The molecule has 2 heterocycles. The van der Waals surface area contributed by atoms with Crippen LogP contribution in [-0.4, -0.2) is 25.5 Å². The van der Waals surface area contributed by atoms with Crippen LogP contribution >= 0.6 is 0 Å². The van der Waals surface area contributed by atoms with E-state index in [9.17, 15) is 9.59 Å². The van der Waals surface area contributed by atoms with E-state index in [2.05, 4.69) is 15.0 Å². The molecule has 0 saturated carbocycles.